The summed E-state index contributed by atoms with van der Waals surface area (Å²) in [6.45, 7) is 6.87. The predicted octanol–water partition coefficient (Wildman–Crippen LogP) is 1.83. The molecule has 1 fully saturated rings. The van der Waals surface area contributed by atoms with E-state index in [9.17, 15) is 0 Å². The molecular weight excluding hydrogens is 274 g/mol. The highest BCUT2D eigenvalue weighted by Gasteiger charge is 2.07. The Kier molecular flexibility index (Phi) is 11.4. The first-order valence-electron chi connectivity index (χ1n) is 7.59. The highest BCUT2D eigenvalue weighted by Crippen LogP contribution is 2.10. The number of nitrogens with zero attached hydrogens (tertiary/aromatic N) is 2. The van der Waals surface area contributed by atoms with Crippen LogP contribution in [0.3, 0.4) is 0 Å². The van der Waals surface area contributed by atoms with E-state index in [1.54, 1.807) is 0 Å². The Balaban J connectivity index is 2.30. The van der Waals surface area contributed by atoms with Gasteiger partial charge in [-0.3, -0.25) is 0 Å². The van der Waals surface area contributed by atoms with Gasteiger partial charge in [-0.25, -0.2) is 0 Å². The number of nitrogens with two attached hydrogens (primary N) is 1. The predicted molar refractivity (Wildman–Crippen MR) is 91.5 cm³/mol. The molecule has 114 valence electrons. The minimum Gasteiger partial charge on any atom is -0.330 e. The third-order valence-electron chi connectivity index (χ3n) is 3.44. The average Bonchev–Trinajstić information content (AvgIpc) is 2.42. The minimum absolute atomic E-state index is 0.818. The largest absolute Gasteiger partial charge is 0.330 e. The second-order valence-corrected chi connectivity index (χ2v) is 7.67. The minimum atomic E-state index is 0.818. The maximum Gasteiger partial charge on any atom is 0.0109 e. The number of thioether (sulfide) groups is 2. The van der Waals surface area contributed by atoms with Gasteiger partial charge in [-0.05, 0) is 64.0 Å². The number of likely N-dealkylation sites (N-methyl/N-ethyl adjacent to an activating group) is 1. The quantitative estimate of drug-likeness (QED) is 0.860. The first-order valence-corrected chi connectivity index (χ1v) is 9.90. The summed E-state index contributed by atoms with van der Waals surface area (Å²) >= 11 is 4.25. The number of rotatable bonds is 3. The zero-order valence-corrected chi connectivity index (χ0v) is 14.1. The molecule has 1 rings (SSSR count). The first kappa shape index (κ1) is 17.6. The number of hydrogen-bond acceptors (Lipinski definition) is 5. The van der Waals surface area contributed by atoms with Crippen LogP contribution in [0, 0.1) is 0 Å². The van der Waals surface area contributed by atoms with E-state index in [-0.39, 0.29) is 0 Å². The molecule has 0 atom stereocenters. The molecule has 1 aliphatic rings. The van der Waals surface area contributed by atoms with Gasteiger partial charge in [-0.1, -0.05) is 0 Å². The van der Waals surface area contributed by atoms with Crippen molar-refractivity contribution in [3.05, 3.63) is 0 Å². The van der Waals surface area contributed by atoms with Gasteiger partial charge >= 0.3 is 0 Å². The van der Waals surface area contributed by atoms with Crippen molar-refractivity contribution in [2.24, 2.45) is 5.73 Å². The molecule has 0 aromatic carbocycles. The second kappa shape index (κ2) is 12.3. The van der Waals surface area contributed by atoms with Crippen molar-refractivity contribution in [1.29, 1.82) is 0 Å². The first-order chi connectivity index (χ1) is 9.33. The second-order valence-electron chi connectivity index (χ2n) is 5.22. The Morgan fingerprint density at radius 3 is 2.26 bits per heavy atom. The lowest BCUT2D eigenvalue weighted by atomic mass is 10.3. The van der Waals surface area contributed by atoms with E-state index in [4.69, 9.17) is 5.73 Å². The van der Waals surface area contributed by atoms with Crippen molar-refractivity contribution in [3.63, 3.8) is 0 Å². The smallest absolute Gasteiger partial charge is 0.0109 e. The van der Waals surface area contributed by atoms with E-state index in [1.807, 2.05) is 0 Å². The van der Waals surface area contributed by atoms with Crippen LogP contribution >= 0.6 is 23.5 Å². The average molecular weight is 306 g/mol. The fraction of sp³-hybridized carbons (Fsp3) is 1.00. The molecule has 3 nitrogen and oxygen atoms in total. The van der Waals surface area contributed by atoms with Crippen LogP contribution < -0.4 is 5.73 Å². The van der Waals surface area contributed by atoms with Gasteiger partial charge in [0.25, 0.3) is 0 Å². The van der Waals surface area contributed by atoms with Crippen molar-refractivity contribution in [2.75, 3.05) is 69.3 Å². The van der Waals surface area contributed by atoms with Gasteiger partial charge in [0.15, 0.2) is 0 Å². The van der Waals surface area contributed by atoms with Crippen LogP contribution in [0.2, 0.25) is 0 Å². The molecule has 0 unspecified atom stereocenters. The van der Waals surface area contributed by atoms with Crippen molar-refractivity contribution < 1.29 is 0 Å². The molecule has 0 bridgehead atoms. The number of hydrogen-bond donors (Lipinski definition) is 1. The molecule has 0 saturated carbocycles. The summed E-state index contributed by atoms with van der Waals surface area (Å²) in [6.07, 6.45) is 3.78. The Labute approximate surface area is 128 Å². The topological polar surface area (TPSA) is 32.5 Å². The zero-order chi connectivity index (χ0) is 13.8. The summed E-state index contributed by atoms with van der Waals surface area (Å²) in [7, 11) is 2.26. The van der Waals surface area contributed by atoms with Crippen LogP contribution in [0.25, 0.3) is 0 Å². The lowest BCUT2D eigenvalue weighted by Crippen LogP contribution is -2.36. The summed E-state index contributed by atoms with van der Waals surface area (Å²) < 4.78 is 0. The lowest BCUT2D eigenvalue weighted by Gasteiger charge is -2.25. The van der Waals surface area contributed by atoms with Gasteiger partial charge in [-0.15, -0.1) is 0 Å². The van der Waals surface area contributed by atoms with E-state index in [0.29, 0.717) is 0 Å². The van der Waals surface area contributed by atoms with Gasteiger partial charge in [0, 0.05) is 24.6 Å². The molecule has 1 heterocycles. The molecule has 5 heteroatoms. The fourth-order valence-electron chi connectivity index (χ4n) is 2.22. The molecule has 0 amide bonds. The van der Waals surface area contributed by atoms with Crippen molar-refractivity contribution >= 4 is 23.5 Å². The molecule has 2 N–H and O–H groups in total. The highest BCUT2D eigenvalue weighted by atomic mass is 32.2. The van der Waals surface area contributed by atoms with Gasteiger partial charge in [-0.2, -0.15) is 23.5 Å². The Morgan fingerprint density at radius 2 is 1.58 bits per heavy atom. The molecule has 0 spiro atoms. The molecule has 0 aromatic heterocycles. The van der Waals surface area contributed by atoms with Crippen LogP contribution in [-0.4, -0.2) is 79.1 Å². The summed E-state index contributed by atoms with van der Waals surface area (Å²) in [5, 5.41) is 0. The van der Waals surface area contributed by atoms with Crippen LogP contribution in [0.4, 0.5) is 0 Å². The van der Waals surface area contributed by atoms with Gasteiger partial charge in [0.1, 0.15) is 0 Å². The lowest BCUT2D eigenvalue weighted by molar-refractivity contribution is 0.225. The van der Waals surface area contributed by atoms with E-state index in [2.05, 4.69) is 40.4 Å². The van der Waals surface area contributed by atoms with Gasteiger partial charge in [0.05, 0.1) is 0 Å². The Hall–Kier alpha value is 0.580. The SMILES string of the molecule is CN1CCCSCCSCCCN(CCCN)CC1. The molecule has 0 aliphatic carbocycles. The molecule has 1 saturated heterocycles. The Morgan fingerprint density at radius 1 is 0.895 bits per heavy atom. The van der Waals surface area contributed by atoms with E-state index < -0.39 is 0 Å². The molecule has 0 aromatic rings. The molecule has 0 radical (unpaired) electrons. The van der Waals surface area contributed by atoms with Crippen molar-refractivity contribution in [3.8, 4) is 0 Å². The zero-order valence-electron chi connectivity index (χ0n) is 12.5. The molecular formula is C14H31N3S2. The summed E-state index contributed by atoms with van der Waals surface area (Å²) in [5.74, 6) is 5.28. The van der Waals surface area contributed by atoms with Crippen LogP contribution in [0.5, 0.6) is 0 Å². The van der Waals surface area contributed by atoms with Crippen LogP contribution in [0.1, 0.15) is 19.3 Å². The standard InChI is InChI=1S/C14H31N3S2/c1-16-6-3-11-18-13-14-19-12-4-8-17(10-9-16)7-2-5-15/h2-15H2,1H3. The maximum absolute atomic E-state index is 5.64. The maximum atomic E-state index is 5.64. The third-order valence-corrected chi connectivity index (χ3v) is 5.84. The third kappa shape index (κ3) is 10.0. The van der Waals surface area contributed by atoms with Crippen LogP contribution in [0.15, 0.2) is 0 Å². The monoisotopic (exact) mass is 305 g/mol. The van der Waals surface area contributed by atoms with E-state index in [1.165, 1.54) is 68.6 Å². The van der Waals surface area contributed by atoms with E-state index >= 15 is 0 Å². The fourth-order valence-corrected chi connectivity index (χ4v) is 4.24. The van der Waals surface area contributed by atoms with Gasteiger partial charge in [0.2, 0.25) is 0 Å². The summed E-state index contributed by atoms with van der Waals surface area (Å²) in [5.41, 5.74) is 5.64. The van der Waals surface area contributed by atoms with E-state index in [0.717, 1.165) is 13.0 Å². The van der Waals surface area contributed by atoms with Crippen molar-refractivity contribution in [1.82, 2.24) is 9.80 Å². The Bertz CT molecular complexity index is 205. The molecule has 19 heavy (non-hydrogen) atoms. The van der Waals surface area contributed by atoms with Crippen LogP contribution in [-0.2, 0) is 0 Å². The van der Waals surface area contributed by atoms with Crippen molar-refractivity contribution in [2.45, 2.75) is 19.3 Å². The summed E-state index contributed by atoms with van der Waals surface area (Å²) in [4.78, 5) is 5.08. The van der Waals surface area contributed by atoms with Gasteiger partial charge < -0.3 is 15.5 Å². The normalized spacial score (nSPS) is 23.1. The molecule has 1 aliphatic heterocycles. The summed E-state index contributed by atoms with van der Waals surface area (Å²) in [6, 6.07) is 0. The highest BCUT2D eigenvalue weighted by molar-refractivity contribution is 8.02.